The average molecular weight is 295 g/mol. The van der Waals surface area contributed by atoms with Crippen LogP contribution in [0.25, 0.3) is 6.08 Å². The summed E-state index contributed by atoms with van der Waals surface area (Å²) in [6.07, 6.45) is 5.08. The summed E-state index contributed by atoms with van der Waals surface area (Å²) in [4.78, 5) is 11.4. The predicted octanol–water partition coefficient (Wildman–Crippen LogP) is 3.17. The lowest BCUT2D eigenvalue weighted by atomic mass is 9.93. The molecule has 1 aliphatic carbocycles. The number of amides is 1. The summed E-state index contributed by atoms with van der Waals surface area (Å²) in [6, 6.07) is 13.5. The number of fused-ring (bicyclic) bond motifs is 1. The minimum absolute atomic E-state index is 0.301. The molecule has 0 spiro atoms. The van der Waals surface area contributed by atoms with E-state index < -0.39 is 5.91 Å². The molecule has 0 saturated carbocycles. The maximum Gasteiger partial charge on any atom is 0.274 e. The van der Waals surface area contributed by atoms with Crippen LogP contribution in [-0.4, -0.2) is 18.2 Å². The molecule has 0 heterocycles. The molecule has 0 bridgehead atoms. The Morgan fingerprint density at radius 1 is 1.23 bits per heavy atom. The molecule has 2 aromatic rings. The van der Waals surface area contributed by atoms with Gasteiger partial charge < -0.3 is 4.74 Å². The van der Waals surface area contributed by atoms with Gasteiger partial charge in [0.2, 0.25) is 0 Å². The molecular formula is C18H17NO3. The minimum atomic E-state index is -0.491. The first-order valence-electron chi connectivity index (χ1n) is 7.11. The van der Waals surface area contributed by atoms with Crippen molar-refractivity contribution in [1.82, 2.24) is 5.48 Å². The topological polar surface area (TPSA) is 58.6 Å². The van der Waals surface area contributed by atoms with Gasteiger partial charge in [-0.1, -0.05) is 30.4 Å². The van der Waals surface area contributed by atoms with E-state index in [2.05, 4.69) is 18.2 Å². The highest BCUT2D eigenvalue weighted by atomic mass is 16.5. The maximum absolute atomic E-state index is 11.4. The summed E-state index contributed by atoms with van der Waals surface area (Å²) >= 11 is 0. The van der Waals surface area contributed by atoms with Crippen molar-refractivity contribution in [3.63, 3.8) is 0 Å². The van der Waals surface area contributed by atoms with Crippen LogP contribution in [0.1, 0.15) is 33.0 Å². The Balaban J connectivity index is 1.79. The van der Waals surface area contributed by atoms with Crippen molar-refractivity contribution < 1.29 is 14.7 Å². The highest BCUT2D eigenvalue weighted by Crippen LogP contribution is 2.33. The number of carbonyl (C=O) groups excluding carboxylic acids is 1. The summed E-state index contributed by atoms with van der Waals surface area (Å²) in [5.74, 6) is 0.662. The van der Waals surface area contributed by atoms with Crippen LogP contribution in [0, 0.1) is 0 Å². The van der Waals surface area contributed by atoms with E-state index in [9.17, 15) is 4.79 Å². The zero-order valence-corrected chi connectivity index (χ0v) is 12.2. The first kappa shape index (κ1) is 14.4. The molecule has 0 aliphatic heterocycles. The van der Waals surface area contributed by atoms with Crippen LogP contribution < -0.4 is 10.2 Å². The summed E-state index contributed by atoms with van der Waals surface area (Å²) < 4.78 is 5.17. The molecule has 0 radical (unpaired) electrons. The highest BCUT2D eigenvalue weighted by molar-refractivity contribution is 5.94. The van der Waals surface area contributed by atoms with E-state index in [-0.39, 0.29) is 0 Å². The van der Waals surface area contributed by atoms with Gasteiger partial charge in [0.1, 0.15) is 5.75 Å². The van der Waals surface area contributed by atoms with Crippen molar-refractivity contribution in [2.24, 2.45) is 0 Å². The van der Waals surface area contributed by atoms with E-state index in [4.69, 9.17) is 9.94 Å². The normalized spacial score (nSPS) is 15.5. The first-order chi connectivity index (χ1) is 10.7. The zero-order chi connectivity index (χ0) is 15.5. The third kappa shape index (κ3) is 2.73. The summed E-state index contributed by atoms with van der Waals surface area (Å²) in [5.41, 5.74) is 5.58. The molecule has 112 valence electrons. The standard InChI is InChI=1S/C18H17NO3/c1-22-16-7-2-12(3-8-16)10-13-4-5-14-11-15(18(20)19-21)6-9-17(13)14/h2-9,11,13,21H,10H2,1H3,(H,19,20). The van der Waals surface area contributed by atoms with Crippen LogP contribution in [0.4, 0.5) is 0 Å². The van der Waals surface area contributed by atoms with Crippen molar-refractivity contribution in [2.75, 3.05) is 7.11 Å². The van der Waals surface area contributed by atoms with Gasteiger partial charge in [-0.3, -0.25) is 10.0 Å². The van der Waals surface area contributed by atoms with Crippen LogP contribution in [0.15, 0.2) is 48.5 Å². The van der Waals surface area contributed by atoms with Crippen LogP contribution in [0.2, 0.25) is 0 Å². The Morgan fingerprint density at radius 2 is 2.00 bits per heavy atom. The van der Waals surface area contributed by atoms with Crippen molar-refractivity contribution in [3.8, 4) is 5.75 Å². The third-order valence-electron chi connectivity index (χ3n) is 3.97. The van der Waals surface area contributed by atoms with Crippen LogP contribution in [-0.2, 0) is 6.42 Å². The van der Waals surface area contributed by atoms with Gasteiger partial charge in [0, 0.05) is 11.5 Å². The Labute approximate surface area is 129 Å². The molecule has 0 saturated heterocycles. The van der Waals surface area contributed by atoms with E-state index >= 15 is 0 Å². The number of hydrogen-bond donors (Lipinski definition) is 2. The number of rotatable bonds is 4. The Morgan fingerprint density at radius 3 is 2.68 bits per heavy atom. The predicted molar refractivity (Wildman–Crippen MR) is 84.2 cm³/mol. The second kappa shape index (κ2) is 6.03. The number of carbonyl (C=O) groups is 1. The molecule has 22 heavy (non-hydrogen) atoms. The van der Waals surface area contributed by atoms with E-state index in [1.54, 1.807) is 24.7 Å². The summed E-state index contributed by atoms with van der Waals surface area (Å²) in [6.45, 7) is 0. The van der Waals surface area contributed by atoms with Gasteiger partial charge in [0.05, 0.1) is 7.11 Å². The molecule has 4 heteroatoms. The number of hydroxylamine groups is 1. The Hall–Kier alpha value is -2.59. The SMILES string of the molecule is COc1ccc(CC2C=Cc3cc(C(=O)NO)ccc32)cc1. The lowest BCUT2D eigenvalue weighted by molar-refractivity contribution is 0.0706. The van der Waals surface area contributed by atoms with Gasteiger partial charge in [-0.25, -0.2) is 5.48 Å². The fourth-order valence-corrected chi connectivity index (χ4v) is 2.78. The lowest BCUT2D eigenvalue weighted by Crippen LogP contribution is -2.18. The minimum Gasteiger partial charge on any atom is -0.497 e. The molecule has 1 aliphatic rings. The first-order valence-corrected chi connectivity index (χ1v) is 7.11. The zero-order valence-electron chi connectivity index (χ0n) is 12.2. The number of ether oxygens (including phenoxy) is 1. The molecule has 4 nitrogen and oxygen atoms in total. The molecule has 2 N–H and O–H groups in total. The van der Waals surface area contributed by atoms with Gasteiger partial charge in [0.25, 0.3) is 5.91 Å². The number of methoxy groups -OCH3 is 1. The molecule has 2 aromatic carbocycles. The number of nitrogens with one attached hydrogen (secondary N) is 1. The van der Waals surface area contributed by atoms with Gasteiger partial charge in [-0.2, -0.15) is 0 Å². The molecule has 1 amide bonds. The molecule has 0 fully saturated rings. The Bertz CT molecular complexity index is 720. The number of allylic oxidation sites excluding steroid dienone is 1. The van der Waals surface area contributed by atoms with E-state index in [0.717, 1.165) is 17.7 Å². The smallest absolute Gasteiger partial charge is 0.274 e. The second-order valence-corrected chi connectivity index (χ2v) is 5.30. The summed E-state index contributed by atoms with van der Waals surface area (Å²) in [5, 5.41) is 8.70. The van der Waals surface area contributed by atoms with Gasteiger partial charge in [0.15, 0.2) is 0 Å². The number of hydrogen-bond acceptors (Lipinski definition) is 3. The van der Waals surface area contributed by atoms with Crippen LogP contribution >= 0.6 is 0 Å². The van der Waals surface area contributed by atoms with Crippen LogP contribution in [0.3, 0.4) is 0 Å². The fourth-order valence-electron chi connectivity index (χ4n) is 2.78. The largest absolute Gasteiger partial charge is 0.497 e. The molecule has 1 atom stereocenters. The molecule has 1 unspecified atom stereocenters. The summed E-state index contributed by atoms with van der Waals surface area (Å²) in [7, 11) is 1.66. The highest BCUT2D eigenvalue weighted by Gasteiger charge is 2.19. The molecule has 0 aromatic heterocycles. The van der Waals surface area contributed by atoms with E-state index in [1.165, 1.54) is 11.1 Å². The maximum atomic E-state index is 11.4. The van der Waals surface area contributed by atoms with Gasteiger partial charge in [-0.15, -0.1) is 0 Å². The quantitative estimate of drug-likeness (QED) is 0.673. The van der Waals surface area contributed by atoms with Crippen LogP contribution in [0.5, 0.6) is 5.75 Å². The van der Waals surface area contributed by atoms with Crippen molar-refractivity contribution in [2.45, 2.75) is 12.3 Å². The average Bonchev–Trinajstić information content (AvgIpc) is 2.97. The van der Waals surface area contributed by atoms with Crippen molar-refractivity contribution in [1.29, 1.82) is 0 Å². The monoisotopic (exact) mass is 295 g/mol. The van der Waals surface area contributed by atoms with E-state index in [0.29, 0.717) is 11.5 Å². The van der Waals surface area contributed by atoms with Crippen molar-refractivity contribution in [3.05, 3.63) is 70.8 Å². The Kier molecular flexibility index (Phi) is 3.94. The second-order valence-electron chi connectivity index (χ2n) is 5.30. The van der Waals surface area contributed by atoms with Gasteiger partial charge >= 0.3 is 0 Å². The van der Waals surface area contributed by atoms with E-state index in [1.807, 2.05) is 24.3 Å². The molecule has 3 rings (SSSR count). The molecular weight excluding hydrogens is 278 g/mol. The van der Waals surface area contributed by atoms with Crippen molar-refractivity contribution >= 4 is 12.0 Å². The third-order valence-corrected chi connectivity index (χ3v) is 3.97. The number of benzene rings is 2. The fraction of sp³-hybridized carbons (Fsp3) is 0.167. The lowest BCUT2D eigenvalue weighted by Gasteiger charge is -2.12. The van der Waals surface area contributed by atoms with Gasteiger partial charge in [-0.05, 0) is 47.4 Å².